The summed E-state index contributed by atoms with van der Waals surface area (Å²) in [7, 11) is 0. The number of anilines is 2. The Morgan fingerprint density at radius 1 is 0.966 bits per heavy atom. The molecule has 2 aromatic carbocycles. The number of aromatic nitrogens is 2. The van der Waals surface area contributed by atoms with E-state index in [1.54, 1.807) is 0 Å². The highest BCUT2D eigenvalue weighted by Crippen LogP contribution is 2.27. The van der Waals surface area contributed by atoms with Crippen LogP contribution in [0, 0.1) is 6.92 Å². The first kappa shape index (κ1) is 19.4. The van der Waals surface area contributed by atoms with Crippen molar-refractivity contribution in [3.63, 3.8) is 0 Å². The summed E-state index contributed by atoms with van der Waals surface area (Å²) in [5.41, 5.74) is 3.86. The number of hydrogen-bond acceptors (Lipinski definition) is 4. The molecule has 0 radical (unpaired) electrons. The molecule has 29 heavy (non-hydrogen) atoms. The lowest BCUT2D eigenvalue weighted by molar-refractivity contribution is 0.195. The molecule has 0 bridgehead atoms. The van der Waals surface area contributed by atoms with E-state index in [2.05, 4.69) is 41.0 Å². The fraction of sp³-hybridized carbons (Fsp3) is 0.333. The maximum absolute atomic E-state index is 13.5. The topological polar surface area (TPSA) is 41.4 Å². The molecule has 5 nitrogen and oxygen atoms in total. The van der Waals surface area contributed by atoms with E-state index < -0.39 is 0 Å². The van der Waals surface area contributed by atoms with Gasteiger partial charge in [-0.05, 0) is 31.0 Å². The molecule has 0 saturated heterocycles. The van der Waals surface area contributed by atoms with Crippen molar-refractivity contribution in [3.8, 4) is 0 Å². The number of unbranched alkanes of at least 4 members (excludes halogenated alkanes) is 1. The Balaban J connectivity index is 1.77. The average molecular weight is 389 g/mol. The van der Waals surface area contributed by atoms with E-state index in [0.29, 0.717) is 13.1 Å². The zero-order valence-electron chi connectivity index (χ0n) is 17.2. The van der Waals surface area contributed by atoms with Crippen molar-refractivity contribution >= 4 is 11.6 Å². The van der Waals surface area contributed by atoms with Gasteiger partial charge < -0.3 is 0 Å². The van der Waals surface area contributed by atoms with Gasteiger partial charge >= 0.3 is 0 Å². The molecule has 2 heterocycles. The molecule has 3 aromatic rings. The number of fused-ring (bicyclic) bond motifs is 1. The minimum absolute atomic E-state index is 0.0680. The molecule has 0 fully saturated rings. The van der Waals surface area contributed by atoms with Crippen LogP contribution in [-0.2, 0) is 13.1 Å². The van der Waals surface area contributed by atoms with Gasteiger partial charge in [0.1, 0.15) is 0 Å². The lowest BCUT2D eigenvalue weighted by atomic mass is 10.1. The predicted octanol–water partition coefficient (Wildman–Crippen LogP) is 4.31. The largest absolute Gasteiger partial charge is 0.298 e. The Bertz CT molecular complexity index is 1010. The van der Waals surface area contributed by atoms with Crippen LogP contribution in [-0.4, -0.2) is 27.7 Å². The van der Waals surface area contributed by atoms with Crippen molar-refractivity contribution in [2.24, 2.45) is 0 Å². The monoisotopic (exact) mass is 388 g/mol. The zero-order chi connectivity index (χ0) is 20.2. The molecular weight excluding hydrogens is 360 g/mol. The molecule has 0 atom stereocenters. The van der Waals surface area contributed by atoms with E-state index in [1.807, 2.05) is 47.9 Å². The van der Waals surface area contributed by atoms with Gasteiger partial charge in [0.25, 0.3) is 5.56 Å². The van der Waals surface area contributed by atoms with Crippen LogP contribution < -0.4 is 10.5 Å². The number of rotatable bonds is 6. The van der Waals surface area contributed by atoms with Gasteiger partial charge in [0, 0.05) is 24.2 Å². The van der Waals surface area contributed by atoms with Crippen molar-refractivity contribution in [1.29, 1.82) is 0 Å². The number of benzene rings is 2. The Morgan fingerprint density at radius 2 is 1.66 bits per heavy atom. The number of para-hydroxylation sites is 1. The molecule has 1 aliphatic rings. The van der Waals surface area contributed by atoms with Gasteiger partial charge in [0.2, 0.25) is 5.95 Å². The maximum atomic E-state index is 13.5. The lowest BCUT2D eigenvalue weighted by Gasteiger charge is -2.38. The fourth-order valence-electron chi connectivity index (χ4n) is 3.86. The first-order valence-corrected chi connectivity index (χ1v) is 10.4. The van der Waals surface area contributed by atoms with Crippen molar-refractivity contribution < 1.29 is 0 Å². The standard InChI is InChI=1S/C24H28N4O/c1-3-4-15-26-17-27(21-13-9-6-10-14-21)24-25-19(2)22(23(29)28(24)18-26)16-20-11-7-5-8-12-20/h5-14H,3-4,15-18H2,1-2H3. The zero-order valence-corrected chi connectivity index (χ0v) is 17.2. The second-order valence-electron chi connectivity index (χ2n) is 7.67. The number of hydrogen-bond donors (Lipinski definition) is 0. The molecule has 0 saturated carbocycles. The molecule has 0 aliphatic carbocycles. The third-order valence-corrected chi connectivity index (χ3v) is 5.49. The molecule has 1 aliphatic heterocycles. The van der Waals surface area contributed by atoms with Gasteiger partial charge in [-0.15, -0.1) is 0 Å². The Hall–Kier alpha value is -2.92. The summed E-state index contributed by atoms with van der Waals surface area (Å²) in [6, 6.07) is 20.4. The van der Waals surface area contributed by atoms with E-state index in [1.165, 1.54) is 0 Å². The molecule has 0 spiro atoms. The van der Waals surface area contributed by atoms with Crippen molar-refractivity contribution in [3.05, 3.63) is 87.8 Å². The second-order valence-corrected chi connectivity index (χ2v) is 7.67. The minimum atomic E-state index is 0.0680. The highest BCUT2D eigenvalue weighted by molar-refractivity contribution is 5.58. The van der Waals surface area contributed by atoms with Gasteiger partial charge in [0.15, 0.2) is 0 Å². The molecule has 1 aromatic heterocycles. The quantitative estimate of drug-likeness (QED) is 0.631. The molecule has 150 valence electrons. The molecule has 0 N–H and O–H groups in total. The normalized spacial score (nSPS) is 14.1. The van der Waals surface area contributed by atoms with E-state index in [4.69, 9.17) is 4.98 Å². The molecular formula is C24H28N4O. The Morgan fingerprint density at radius 3 is 2.34 bits per heavy atom. The van der Waals surface area contributed by atoms with Gasteiger partial charge in [-0.2, -0.15) is 0 Å². The summed E-state index contributed by atoms with van der Waals surface area (Å²) in [6.07, 6.45) is 2.86. The smallest absolute Gasteiger partial charge is 0.259 e. The van der Waals surface area contributed by atoms with Crippen LogP contribution in [0.25, 0.3) is 0 Å². The second kappa shape index (κ2) is 8.62. The Kier molecular flexibility index (Phi) is 5.76. The lowest BCUT2D eigenvalue weighted by Crippen LogP contribution is -2.48. The summed E-state index contributed by atoms with van der Waals surface area (Å²) in [5, 5.41) is 0. The third kappa shape index (κ3) is 4.10. The van der Waals surface area contributed by atoms with E-state index in [-0.39, 0.29) is 5.56 Å². The SMILES string of the molecule is CCCCN1CN(c2ccccc2)c2nc(C)c(Cc3ccccc3)c(=O)n2C1. The van der Waals surface area contributed by atoms with Crippen LogP contribution in [0.3, 0.4) is 0 Å². The van der Waals surface area contributed by atoms with Crippen LogP contribution in [0.15, 0.2) is 65.5 Å². The maximum Gasteiger partial charge on any atom is 0.259 e. The van der Waals surface area contributed by atoms with Crippen molar-refractivity contribution in [2.45, 2.75) is 39.8 Å². The van der Waals surface area contributed by atoms with E-state index in [0.717, 1.165) is 54.5 Å². The summed E-state index contributed by atoms with van der Waals surface area (Å²) in [5.74, 6) is 0.739. The third-order valence-electron chi connectivity index (χ3n) is 5.49. The molecule has 0 unspecified atom stereocenters. The van der Waals surface area contributed by atoms with Crippen LogP contribution >= 0.6 is 0 Å². The van der Waals surface area contributed by atoms with Gasteiger partial charge in [-0.3, -0.25) is 19.2 Å². The molecule has 4 rings (SSSR count). The van der Waals surface area contributed by atoms with E-state index in [9.17, 15) is 4.79 Å². The highest BCUT2D eigenvalue weighted by atomic mass is 16.1. The van der Waals surface area contributed by atoms with Crippen molar-refractivity contribution in [1.82, 2.24) is 14.5 Å². The van der Waals surface area contributed by atoms with Gasteiger partial charge in [-0.25, -0.2) is 4.98 Å². The minimum Gasteiger partial charge on any atom is -0.298 e. The first-order chi connectivity index (χ1) is 14.2. The highest BCUT2D eigenvalue weighted by Gasteiger charge is 2.27. The van der Waals surface area contributed by atoms with Crippen LogP contribution in [0.5, 0.6) is 0 Å². The van der Waals surface area contributed by atoms with Crippen LogP contribution in [0.1, 0.15) is 36.6 Å². The van der Waals surface area contributed by atoms with E-state index >= 15 is 0 Å². The predicted molar refractivity (Wildman–Crippen MR) is 118 cm³/mol. The summed E-state index contributed by atoms with van der Waals surface area (Å²) in [4.78, 5) is 22.9. The molecule has 0 amide bonds. The van der Waals surface area contributed by atoms with Crippen LogP contribution in [0.2, 0.25) is 0 Å². The van der Waals surface area contributed by atoms with Crippen LogP contribution in [0.4, 0.5) is 11.6 Å². The van der Waals surface area contributed by atoms with Gasteiger partial charge in [-0.1, -0.05) is 61.9 Å². The van der Waals surface area contributed by atoms with Gasteiger partial charge in [0.05, 0.1) is 19.0 Å². The number of aryl methyl sites for hydroxylation is 1. The number of nitrogens with zero attached hydrogens (tertiary/aromatic N) is 4. The molecule has 5 heteroatoms. The summed E-state index contributed by atoms with van der Waals surface area (Å²) in [6.45, 7) is 6.45. The summed E-state index contributed by atoms with van der Waals surface area (Å²) >= 11 is 0. The average Bonchev–Trinajstić information content (AvgIpc) is 2.76. The summed E-state index contributed by atoms with van der Waals surface area (Å²) < 4.78 is 1.84. The first-order valence-electron chi connectivity index (χ1n) is 10.4. The Labute approximate surface area is 172 Å². The van der Waals surface area contributed by atoms with Crippen molar-refractivity contribution in [2.75, 3.05) is 18.1 Å². The fourth-order valence-corrected chi connectivity index (χ4v) is 3.86.